The van der Waals surface area contributed by atoms with E-state index in [-0.39, 0.29) is 11.7 Å². The SMILES string of the molecule is CN(C(=O)[C@@H](N)Cc1ccc(O)cc1)c1ccccc1. The molecule has 1 amide bonds. The number of hydrogen-bond donors (Lipinski definition) is 2. The molecule has 0 heterocycles. The van der Waals surface area contributed by atoms with Crippen molar-refractivity contribution < 1.29 is 9.90 Å². The Morgan fingerprint density at radius 3 is 2.35 bits per heavy atom. The molecule has 1 atom stereocenters. The van der Waals surface area contributed by atoms with Gasteiger partial charge in [-0.1, -0.05) is 30.3 Å². The van der Waals surface area contributed by atoms with Crippen molar-refractivity contribution in [2.75, 3.05) is 11.9 Å². The van der Waals surface area contributed by atoms with Gasteiger partial charge in [-0.3, -0.25) is 4.79 Å². The first kappa shape index (κ1) is 14.1. The molecule has 0 aliphatic heterocycles. The standard InChI is InChI=1S/C16H18N2O2/c1-18(13-5-3-2-4-6-13)16(20)15(17)11-12-7-9-14(19)10-8-12/h2-10,15,19H,11,17H2,1H3/t15-/m0/s1. The molecule has 0 saturated carbocycles. The normalized spacial score (nSPS) is 11.9. The predicted octanol–water partition coefficient (Wildman–Crippen LogP) is 1.93. The maximum absolute atomic E-state index is 12.3. The molecule has 0 fully saturated rings. The number of anilines is 1. The first-order valence-corrected chi connectivity index (χ1v) is 6.44. The Hall–Kier alpha value is -2.33. The van der Waals surface area contributed by atoms with E-state index in [1.54, 1.807) is 36.2 Å². The summed E-state index contributed by atoms with van der Waals surface area (Å²) in [4.78, 5) is 13.8. The number of rotatable bonds is 4. The van der Waals surface area contributed by atoms with Crippen molar-refractivity contribution in [2.24, 2.45) is 5.73 Å². The number of para-hydroxylation sites is 1. The average molecular weight is 270 g/mol. The lowest BCUT2D eigenvalue weighted by atomic mass is 10.1. The third-order valence-corrected chi connectivity index (χ3v) is 3.18. The van der Waals surface area contributed by atoms with Gasteiger partial charge in [-0.2, -0.15) is 0 Å². The summed E-state index contributed by atoms with van der Waals surface area (Å²) < 4.78 is 0. The summed E-state index contributed by atoms with van der Waals surface area (Å²) in [5.74, 6) is 0.0688. The Labute approximate surface area is 118 Å². The van der Waals surface area contributed by atoms with Gasteiger partial charge in [-0.25, -0.2) is 0 Å². The van der Waals surface area contributed by atoms with E-state index in [2.05, 4.69) is 0 Å². The lowest BCUT2D eigenvalue weighted by Gasteiger charge is -2.21. The average Bonchev–Trinajstić information content (AvgIpc) is 2.49. The Balaban J connectivity index is 2.03. The van der Waals surface area contributed by atoms with Crippen LogP contribution in [0.1, 0.15) is 5.56 Å². The number of amides is 1. The largest absolute Gasteiger partial charge is 0.508 e. The molecular formula is C16H18N2O2. The summed E-state index contributed by atoms with van der Waals surface area (Å²) in [6.45, 7) is 0. The number of carbonyl (C=O) groups is 1. The molecular weight excluding hydrogens is 252 g/mol. The molecule has 104 valence electrons. The van der Waals surface area contributed by atoms with Crippen molar-refractivity contribution in [1.29, 1.82) is 0 Å². The van der Waals surface area contributed by atoms with Gasteiger partial charge in [0.05, 0.1) is 6.04 Å². The number of hydrogen-bond acceptors (Lipinski definition) is 3. The van der Waals surface area contributed by atoms with E-state index in [4.69, 9.17) is 5.73 Å². The third-order valence-electron chi connectivity index (χ3n) is 3.18. The van der Waals surface area contributed by atoms with Gasteiger partial charge >= 0.3 is 0 Å². The highest BCUT2D eigenvalue weighted by Gasteiger charge is 2.19. The second-order valence-electron chi connectivity index (χ2n) is 4.71. The highest BCUT2D eigenvalue weighted by Crippen LogP contribution is 2.14. The monoisotopic (exact) mass is 270 g/mol. The highest BCUT2D eigenvalue weighted by atomic mass is 16.3. The van der Waals surface area contributed by atoms with Gasteiger partial charge in [-0.15, -0.1) is 0 Å². The van der Waals surface area contributed by atoms with Gasteiger partial charge in [0, 0.05) is 12.7 Å². The molecule has 0 radical (unpaired) electrons. The molecule has 0 spiro atoms. The minimum absolute atomic E-state index is 0.135. The topological polar surface area (TPSA) is 66.6 Å². The molecule has 0 aliphatic rings. The van der Waals surface area contributed by atoms with Crippen LogP contribution in [0.4, 0.5) is 5.69 Å². The molecule has 4 nitrogen and oxygen atoms in total. The Morgan fingerprint density at radius 1 is 1.15 bits per heavy atom. The minimum Gasteiger partial charge on any atom is -0.508 e. The van der Waals surface area contributed by atoms with Crippen LogP contribution in [0.3, 0.4) is 0 Å². The van der Waals surface area contributed by atoms with E-state index in [0.29, 0.717) is 6.42 Å². The lowest BCUT2D eigenvalue weighted by molar-refractivity contribution is -0.119. The molecule has 0 unspecified atom stereocenters. The van der Waals surface area contributed by atoms with E-state index in [9.17, 15) is 9.90 Å². The summed E-state index contributed by atoms with van der Waals surface area (Å²) in [6, 6.07) is 15.5. The van der Waals surface area contributed by atoms with Gasteiger partial charge in [0.1, 0.15) is 5.75 Å². The van der Waals surface area contributed by atoms with Gasteiger partial charge in [0.2, 0.25) is 5.91 Å². The van der Waals surface area contributed by atoms with Gasteiger partial charge in [-0.05, 0) is 36.2 Å². The van der Waals surface area contributed by atoms with Crippen molar-refractivity contribution >= 4 is 11.6 Å². The fraction of sp³-hybridized carbons (Fsp3) is 0.188. The summed E-state index contributed by atoms with van der Waals surface area (Å²) >= 11 is 0. The smallest absolute Gasteiger partial charge is 0.243 e. The molecule has 20 heavy (non-hydrogen) atoms. The molecule has 0 aromatic heterocycles. The van der Waals surface area contributed by atoms with E-state index >= 15 is 0 Å². The highest BCUT2D eigenvalue weighted by molar-refractivity contribution is 5.96. The maximum Gasteiger partial charge on any atom is 0.243 e. The Kier molecular flexibility index (Phi) is 4.38. The number of aromatic hydroxyl groups is 1. The molecule has 2 rings (SSSR count). The second kappa shape index (κ2) is 6.21. The summed E-state index contributed by atoms with van der Waals surface area (Å²) in [6.07, 6.45) is 0.441. The zero-order valence-corrected chi connectivity index (χ0v) is 11.4. The van der Waals surface area contributed by atoms with Gasteiger partial charge < -0.3 is 15.7 Å². The molecule has 3 N–H and O–H groups in total. The number of phenolic OH excluding ortho intramolecular Hbond substituents is 1. The van der Waals surface area contributed by atoms with Gasteiger partial charge in [0.15, 0.2) is 0 Å². The lowest BCUT2D eigenvalue weighted by Crippen LogP contribution is -2.43. The van der Waals surface area contributed by atoms with Crippen LogP contribution >= 0.6 is 0 Å². The van der Waals surface area contributed by atoms with E-state index in [0.717, 1.165) is 11.3 Å². The quantitative estimate of drug-likeness (QED) is 0.892. The van der Waals surface area contributed by atoms with Crippen LogP contribution in [-0.2, 0) is 11.2 Å². The van der Waals surface area contributed by atoms with E-state index in [1.807, 2.05) is 30.3 Å². The van der Waals surface area contributed by atoms with Crippen molar-refractivity contribution in [3.05, 3.63) is 60.2 Å². The number of likely N-dealkylation sites (N-methyl/N-ethyl adjacent to an activating group) is 1. The fourth-order valence-corrected chi connectivity index (χ4v) is 2.00. The van der Waals surface area contributed by atoms with Crippen LogP contribution in [0.25, 0.3) is 0 Å². The summed E-state index contributed by atoms with van der Waals surface area (Å²) in [5.41, 5.74) is 7.71. The van der Waals surface area contributed by atoms with Crippen molar-refractivity contribution in [3.8, 4) is 5.75 Å². The molecule has 0 bridgehead atoms. The summed E-state index contributed by atoms with van der Waals surface area (Å²) in [5, 5.41) is 9.23. The van der Waals surface area contributed by atoms with Crippen molar-refractivity contribution in [2.45, 2.75) is 12.5 Å². The van der Waals surface area contributed by atoms with Crippen LogP contribution in [0, 0.1) is 0 Å². The number of nitrogens with two attached hydrogens (primary N) is 1. The van der Waals surface area contributed by atoms with Crippen LogP contribution < -0.4 is 10.6 Å². The predicted molar refractivity (Wildman–Crippen MR) is 79.6 cm³/mol. The number of nitrogens with zero attached hydrogens (tertiary/aromatic N) is 1. The van der Waals surface area contributed by atoms with Crippen LogP contribution in [0.15, 0.2) is 54.6 Å². The van der Waals surface area contributed by atoms with E-state index < -0.39 is 6.04 Å². The van der Waals surface area contributed by atoms with Crippen LogP contribution in [0.5, 0.6) is 5.75 Å². The van der Waals surface area contributed by atoms with Gasteiger partial charge in [0.25, 0.3) is 0 Å². The second-order valence-corrected chi connectivity index (χ2v) is 4.71. The molecule has 0 saturated heterocycles. The molecule has 4 heteroatoms. The Morgan fingerprint density at radius 2 is 1.75 bits per heavy atom. The van der Waals surface area contributed by atoms with Crippen LogP contribution in [0.2, 0.25) is 0 Å². The minimum atomic E-state index is -0.607. The Bertz CT molecular complexity index is 567. The summed E-state index contributed by atoms with van der Waals surface area (Å²) in [7, 11) is 1.72. The number of benzene rings is 2. The number of carbonyl (C=O) groups excluding carboxylic acids is 1. The maximum atomic E-state index is 12.3. The molecule has 0 aliphatic carbocycles. The first-order chi connectivity index (χ1) is 9.58. The zero-order valence-electron chi connectivity index (χ0n) is 11.4. The van der Waals surface area contributed by atoms with Crippen LogP contribution in [-0.4, -0.2) is 24.1 Å². The zero-order chi connectivity index (χ0) is 14.5. The van der Waals surface area contributed by atoms with Crippen molar-refractivity contribution in [1.82, 2.24) is 0 Å². The first-order valence-electron chi connectivity index (χ1n) is 6.44. The molecule has 2 aromatic rings. The molecule has 2 aromatic carbocycles. The third kappa shape index (κ3) is 3.36. The van der Waals surface area contributed by atoms with E-state index in [1.165, 1.54) is 0 Å². The fourth-order valence-electron chi connectivity index (χ4n) is 2.00. The van der Waals surface area contributed by atoms with Crippen molar-refractivity contribution in [3.63, 3.8) is 0 Å². The number of phenols is 1.